The second-order valence-electron chi connectivity index (χ2n) is 7.61. The Morgan fingerprint density at radius 2 is 1.62 bits per heavy atom. The molecule has 9 nitrogen and oxygen atoms in total. The molecule has 0 aliphatic heterocycles. The number of hydrogen-bond donors (Lipinski definition) is 2. The monoisotopic (exact) mass is 471 g/mol. The van der Waals surface area contributed by atoms with Gasteiger partial charge in [0.05, 0.1) is 23.1 Å². The number of rotatable bonds is 8. The average molecular weight is 471 g/mol. The fourth-order valence-corrected chi connectivity index (χ4v) is 3.30. The van der Waals surface area contributed by atoms with Crippen LogP contribution in [0.2, 0.25) is 0 Å². The van der Waals surface area contributed by atoms with E-state index in [0.29, 0.717) is 11.5 Å². The van der Waals surface area contributed by atoms with Gasteiger partial charge >= 0.3 is 6.18 Å². The van der Waals surface area contributed by atoms with Gasteiger partial charge in [-0.25, -0.2) is 14.3 Å². The molecule has 1 atom stereocenters. The number of anilines is 3. The van der Waals surface area contributed by atoms with Gasteiger partial charge in [0.15, 0.2) is 5.82 Å². The van der Waals surface area contributed by atoms with Crippen molar-refractivity contribution in [1.82, 2.24) is 29.5 Å². The summed E-state index contributed by atoms with van der Waals surface area (Å²) in [6, 6.07) is 10.6. The predicted molar refractivity (Wildman–Crippen MR) is 124 cm³/mol. The molecule has 12 heteroatoms. The number of alkyl halides is 3. The standard InChI is InChI=1S/C22H24F3N9/c1-15(18-12-16(4-8-27-18)33-10-6-19(26-2)30-33)32(3)21-7-11-34(31-21)17-5-9-28-20(13-17)29-14-22(23,24)25/h4-13,15H,14H2,1-3H3,(H,26,30)(H,28,29). The highest BCUT2D eigenvalue weighted by Crippen LogP contribution is 2.25. The van der Waals surface area contributed by atoms with E-state index in [1.807, 2.05) is 56.4 Å². The second kappa shape index (κ2) is 9.41. The van der Waals surface area contributed by atoms with Crippen LogP contribution in [0.15, 0.2) is 61.2 Å². The van der Waals surface area contributed by atoms with Crippen molar-refractivity contribution in [2.75, 3.05) is 36.2 Å². The molecule has 0 fully saturated rings. The number of nitrogens with zero attached hydrogens (tertiary/aromatic N) is 7. The Morgan fingerprint density at radius 3 is 2.32 bits per heavy atom. The quantitative estimate of drug-likeness (QED) is 0.401. The van der Waals surface area contributed by atoms with E-state index in [2.05, 4.69) is 30.8 Å². The van der Waals surface area contributed by atoms with Crippen LogP contribution < -0.4 is 15.5 Å². The van der Waals surface area contributed by atoms with Gasteiger partial charge in [-0.15, -0.1) is 0 Å². The van der Waals surface area contributed by atoms with E-state index >= 15 is 0 Å². The Morgan fingerprint density at radius 1 is 0.941 bits per heavy atom. The molecule has 0 aliphatic carbocycles. The molecule has 0 saturated heterocycles. The maximum atomic E-state index is 12.5. The first-order chi connectivity index (χ1) is 16.2. The number of hydrogen-bond acceptors (Lipinski definition) is 7. The molecule has 4 aromatic heterocycles. The molecule has 0 saturated carbocycles. The highest BCUT2D eigenvalue weighted by atomic mass is 19.4. The van der Waals surface area contributed by atoms with Crippen LogP contribution in [-0.4, -0.2) is 56.3 Å². The molecule has 178 valence electrons. The lowest BCUT2D eigenvalue weighted by Crippen LogP contribution is -2.23. The smallest absolute Gasteiger partial charge is 0.372 e. The molecule has 4 aromatic rings. The first-order valence-electron chi connectivity index (χ1n) is 10.5. The Balaban J connectivity index is 1.50. The minimum atomic E-state index is -4.33. The predicted octanol–water partition coefficient (Wildman–Crippen LogP) is 4.06. The van der Waals surface area contributed by atoms with Gasteiger partial charge in [-0.05, 0) is 25.1 Å². The summed E-state index contributed by atoms with van der Waals surface area (Å²) in [7, 11) is 3.72. The largest absolute Gasteiger partial charge is 0.405 e. The maximum Gasteiger partial charge on any atom is 0.405 e. The first kappa shape index (κ1) is 23.1. The average Bonchev–Trinajstić information content (AvgIpc) is 3.52. The van der Waals surface area contributed by atoms with Crippen molar-refractivity contribution >= 4 is 17.5 Å². The van der Waals surface area contributed by atoms with Crippen LogP contribution in [0.3, 0.4) is 0 Å². The summed E-state index contributed by atoms with van der Waals surface area (Å²) in [4.78, 5) is 10.4. The van der Waals surface area contributed by atoms with Crippen LogP contribution in [0, 0.1) is 0 Å². The molecule has 2 N–H and O–H groups in total. The fraction of sp³-hybridized carbons (Fsp3) is 0.273. The Hall–Kier alpha value is -4.09. The van der Waals surface area contributed by atoms with Gasteiger partial charge in [-0.2, -0.15) is 23.4 Å². The van der Waals surface area contributed by atoms with Gasteiger partial charge in [0.1, 0.15) is 18.2 Å². The SMILES string of the molecule is CNc1ccn(-c2ccnc(C(C)N(C)c3ccn(-c4ccnc(NCC(F)(F)F)c4)n3)c2)n1. The zero-order chi connectivity index (χ0) is 24.3. The lowest BCUT2D eigenvalue weighted by Gasteiger charge is -2.24. The normalized spacial score (nSPS) is 12.4. The number of nitrogens with one attached hydrogen (secondary N) is 2. The van der Waals surface area contributed by atoms with Crippen LogP contribution in [0.1, 0.15) is 18.7 Å². The Bertz CT molecular complexity index is 1250. The van der Waals surface area contributed by atoms with Gasteiger partial charge in [0.2, 0.25) is 0 Å². The number of pyridine rings is 2. The summed E-state index contributed by atoms with van der Waals surface area (Å²) < 4.78 is 40.8. The fourth-order valence-electron chi connectivity index (χ4n) is 3.30. The van der Waals surface area contributed by atoms with E-state index in [-0.39, 0.29) is 11.9 Å². The third kappa shape index (κ3) is 5.27. The summed E-state index contributed by atoms with van der Waals surface area (Å²) >= 11 is 0. The van der Waals surface area contributed by atoms with Crippen molar-refractivity contribution in [3.63, 3.8) is 0 Å². The summed E-state index contributed by atoms with van der Waals surface area (Å²) in [6.07, 6.45) is 2.46. The molecule has 0 aromatic carbocycles. The zero-order valence-electron chi connectivity index (χ0n) is 18.8. The van der Waals surface area contributed by atoms with Crippen molar-refractivity contribution in [3.05, 3.63) is 66.9 Å². The highest BCUT2D eigenvalue weighted by Gasteiger charge is 2.26. The minimum Gasteiger partial charge on any atom is -0.372 e. The second-order valence-corrected chi connectivity index (χ2v) is 7.61. The third-order valence-electron chi connectivity index (χ3n) is 5.30. The van der Waals surface area contributed by atoms with Crippen molar-refractivity contribution in [2.45, 2.75) is 19.1 Å². The molecular weight excluding hydrogens is 447 g/mol. The Labute approximate surface area is 194 Å². The van der Waals surface area contributed by atoms with E-state index in [4.69, 9.17) is 0 Å². The topological polar surface area (TPSA) is 88.7 Å². The van der Waals surface area contributed by atoms with Crippen LogP contribution >= 0.6 is 0 Å². The molecule has 0 radical (unpaired) electrons. The van der Waals surface area contributed by atoms with Crippen LogP contribution in [0.5, 0.6) is 0 Å². The molecular formula is C22H24F3N9. The van der Waals surface area contributed by atoms with Crippen molar-refractivity contribution in [3.8, 4) is 11.4 Å². The molecule has 0 bridgehead atoms. The van der Waals surface area contributed by atoms with Crippen molar-refractivity contribution in [1.29, 1.82) is 0 Å². The van der Waals surface area contributed by atoms with Crippen LogP contribution in [-0.2, 0) is 0 Å². The molecule has 4 rings (SSSR count). The van der Waals surface area contributed by atoms with E-state index < -0.39 is 12.7 Å². The molecule has 0 amide bonds. The van der Waals surface area contributed by atoms with E-state index in [1.54, 1.807) is 27.8 Å². The number of aromatic nitrogens is 6. The molecule has 0 aliphatic rings. The lowest BCUT2D eigenvalue weighted by molar-refractivity contribution is -0.115. The van der Waals surface area contributed by atoms with E-state index in [0.717, 1.165) is 17.2 Å². The summed E-state index contributed by atoms with van der Waals surface area (Å²) in [5, 5.41) is 14.3. The maximum absolute atomic E-state index is 12.5. The summed E-state index contributed by atoms with van der Waals surface area (Å²) in [6.45, 7) is 0.855. The van der Waals surface area contributed by atoms with Crippen molar-refractivity contribution in [2.24, 2.45) is 0 Å². The first-order valence-corrected chi connectivity index (χ1v) is 10.5. The third-order valence-corrected chi connectivity index (χ3v) is 5.30. The molecule has 0 spiro atoms. The summed E-state index contributed by atoms with van der Waals surface area (Å²) in [5.41, 5.74) is 2.30. The van der Waals surface area contributed by atoms with Gasteiger partial charge in [0, 0.05) is 57.1 Å². The molecule has 34 heavy (non-hydrogen) atoms. The van der Waals surface area contributed by atoms with Gasteiger partial charge in [-0.1, -0.05) is 0 Å². The van der Waals surface area contributed by atoms with Gasteiger partial charge in [-0.3, -0.25) is 4.98 Å². The van der Waals surface area contributed by atoms with E-state index in [1.165, 1.54) is 12.3 Å². The van der Waals surface area contributed by atoms with Crippen LogP contribution in [0.4, 0.5) is 30.6 Å². The highest BCUT2D eigenvalue weighted by molar-refractivity contribution is 5.47. The molecule has 1 unspecified atom stereocenters. The van der Waals surface area contributed by atoms with Gasteiger partial charge in [0.25, 0.3) is 0 Å². The van der Waals surface area contributed by atoms with Crippen molar-refractivity contribution < 1.29 is 13.2 Å². The zero-order valence-corrected chi connectivity index (χ0v) is 18.8. The van der Waals surface area contributed by atoms with E-state index in [9.17, 15) is 13.2 Å². The van der Waals surface area contributed by atoms with Crippen LogP contribution in [0.25, 0.3) is 11.4 Å². The minimum absolute atomic E-state index is 0.107. The van der Waals surface area contributed by atoms with Gasteiger partial charge < -0.3 is 15.5 Å². The Kier molecular flexibility index (Phi) is 6.39. The lowest BCUT2D eigenvalue weighted by atomic mass is 10.2. The number of halogens is 3. The molecule has 4 heterocycles. The summed E-state index contributed by atoms with van der Waals surface area (Å²) in [5.74, 6) is 1.56.